The molecule has 0 bridgehead atoms. The van der Waals surface area contributed by atoms with Crippen molar-refractivity contribution in [1.29, 1.82) is 0 Å². The van der Waals surface area contributed by atoms with E-state index < -0.39 is 15.3 Å². The van der Waals surface area contributed by atoms with Gasteiger partial charge in [0.25, 0.3) is 11.5 Å². The van der Waals surface area contributed by atoms with Gasteiger partial charge in [-0.2, -0.15) is 0 Å². The maximum Gasteiger partial charge on any atom is 0.257 e. The molecule has 3 aromatic rings. The third-order valence-electron chi connectivity index (χ3n) is 6.61. The second-order valence-electron chi connectivity index (χ2n) is 10.6. The van der Waals surface area contributed by atoms with E-state index in [1.165, 1.54) is 6.26 Å². The number of furan rings is 1. The summed E-state index contributed by atoms with van der Waals surface area (Å²) in [6.07, 6.45) is 3.81. The Balaban J connectivity index is 1.66. The van der Waals surface area contributed by atoms with E-state index >= 15 is 0 Å². The number of fused-ring (bicyclic) bond motifs is 1. The summed E-state index contributed by atoms with van der Waals surface area (Å²) in [6.45, 7) is 10.8. The van der Waals surface area contributed by atoms with Crippen LogP contribution in [-0.2, 0) is 15.4 Å². The lowest BCUT2D eigenvalue weighted by Crippen LogP contribution is -2.36. The van der Waals surface area contributed by atoms with Crippen LogP contribution in [0.4, 0.5) is 0 Å². The fourth-order valence-corrected chi connectivity index (χ4v) is 5.22. The Kier molecular flexibility index (Phi) is 6.68. The SMILES string of the molecule is CC(C)S(=O)(=O)NC[C@H]1CCN(C(=O)c2coc3c(C(C)(C)C)cc(-c4ccc[nH]c4=O)cc23)C1. The molecule has 35 heavy (non-hydrogen) atoms. The van der Waals surface area contributed by atoms with Crippen molar-refractivity contribution in [1.82, 2.24) is 14.6 Å². The number of carbonyl (C=O) groups is 1. The summed E-state index contributed by atoms with van der Waals surface area (Å²) < 4.78 is 32.8. The standard InChI is InChI=1S/C26H33N3O5S/c1-16(2)35(32,33)28-13-17-8-10-29(14-17)25(31)21-15-34-23-20(21)11-18(12-22(23)26(3,4)5)19-7-6-9-27-24(19)30/h6-7,9,11-12,15-17,28H,8,10,13-14H2,1-5H3,(H,27,30)/t17-/m1/s1. The van der Waals surface area contributed by atoms with Gasteiger partial charge in [-0.25, -0.2) is 13.1 Å². The maximum atomic E-state index is 13.5. The largest absolute Gasteiger partial charge is 0.463 e. The average Bonchev–Trinajstić information content (AvgIpc) is 3.43. The molecule has 0 saturated carbocycles. The summed E-state index contributed by atoms with van der Waals surface area (Å²) in [4.78, 5) is 30.5. The van der Waals surface area contributed by atoms with Crippen molar-refractivity contribution in [2.45, 2.75) is 51.7 Å². The number of pyridine rings is 1. The summed E-state index contributed by atoms with van der Waals surface area (Å²) in [5.74, 6) is -0.105. The molecule has 1 saturated heterocycles. The number of aromatic nitrogens is 1. The van der Waals surface area contributed by atoms with E-state index in [1.807, 2.05) is 12.1 Å². The molecular weight excluding hydrogens is 466 g/mol. The molecule has 1 amide bonds. The molecule has 1 aliphatic heterocycles. The molecule has 1 atom stereocenters. The number of aromatic amines is 1. The third kappa shape index (κ3) is 5.06. The van der Waals surface area contributed by atoms with Gasteiger partial charge in [0.15, 0.2) is 0 Å². The van der Waals surface area contributed by atoms with Crippen LogP contribution in [0.5, 0.6) is 0 Å². The van der Waals surface area contributed by atoms with Crippen LogP contribution in [0.2, 0.25) is 0 Å². The molecule has 0 aliphatic carbocycles. The Morgan fingerprint density at radius 3 is 2.69 bits per heavy atom. The van der Waals surface area contributed by atoms with E-state index in [4.69, 9.17) is 4.42 Å². The van der Waals surface area contributed by atoms with Gasteiger partial charge in [0.2, 0.25) is 10.0 Å². The molecule has 188 valence electrons. The van der Waals surface area contributed by atoms with Crippen LogP contribution in [0.3, 0.4) is 0 Å². The smallest absolute Gasteiger partial charge is 0.257 e. The maximum absolute atomic E-state index is 13.5. The monoisotopic (exact) mass is 499 g/mol. The van der Waals surface area contributed by atoms with Crippen LogP contribution in [-0.4, -0.2) is 49.1 Å². The van der Waals surface area contributed by atoms with Gasteiger partial charge in [0, 0.05) is 42.3 Å². The number of benzene rings is 1. The molecule has 2 aromatic heterocycles. The van der Waals surface area contributed by atoms with Gasteiger partial charge < -0.3 is 14.3 Å². The predicted octanol–water partition coefficient (Wildman–Crippen LogP) is 3.88. The van der Waals surface area contributed by atoms with Crippen molar-refractivity contribution in [2.75, 3.05) is 19.6 Å². The Labute approximate surface area is 205 Å². The molecule has 9 heteroatoms. The van der Waals surface area contributed by atoms with E-state index in [1.54, 1.807) is 37.1 Å². The first kappa shape index (κ1) is 25.2. The summed E-state index contributed by atoms with van der Waals surface area (Å²) >= 11 is 0. The van der Waals surface area contributed by atoms with Crippen molar-refractivity contribution in [2.24, 2.45) is 5.92 Å². The number of rotatable bonds is 6. The molecule has 0 spiro atoms. The average molecular weight is 500 g/mol. The number of amides is 1. The number of nitrogens with zero attached hydrogens (tertiary/aromatic N) is 1. The van der Waals surface area contributed by atoms with Gasteiger partial charge in [-0.15, -0.1) is 0 Å². The lowest BCUT2D eigenvalue weighted by Gasteiger charge is -2.21. The Bertz CT molecular complexity index is 1410. The zero-order valence-electron chi connectivity index (χ0n) is 20.8. The third-order valence-corrected chi connectivity index (χ3v) is 8.42. The van der Waals surface area contributed by atoms with Gasteiger partial charge in [0.1, 0.15) is 11.8 Å². The summed E-state index contributed by atoms with van der Waals surface area (Å²) in [5, 5.41) is 0.173. The van der Waals surface area contributed by atoms with Gasteiger partial charge in [-0.05, 0) is 61.4 Å². The highest BCUT2D eigenvalue weighted by Gasteiger charge is 2.31. The van der Waals surface area contributed by atoms with Crippen LogP contribution in [0.1, 0.15) is 57.0 Å². The highest BCUT2D eigenvalue weighted by atomic mass is 32.2. The number of hydrogen-bond acceptors (Lipinski definition) is 5. The summed E-state index contributed by atoms with van der Waals surface area (Å²) in [5.41, 5.74) is 2.77. The van der Waals surface area contributed by atoms with Crippen molar-refractivity contribution < 1.29 is 17.6 Å². The minimum Gasteiger partial charge on any atom is -0.463 e. The molecule has 1 fully saturated rings. The van der Waals surface area contributed by atoms with E-state index in [0.29, 0.717) is 41.7 Å². The van der Waals surface area contributed by atoms with E-state index in [9.17, 15) is 18.0 Å². The molecule has 8 nitrogen and oxygen atoms in total. The van der Waals surface area contributed by atoms with Crippen molar-refractivity contribution in [3.05, 3.63) is 58.2 Å². The zero-order valence-corrected chi connectivity index (χ0v) is 21.7. The first-order valence-corrected chi connectivity index (χ1v) is 13.4. The second kappa shape index (κ2) is 9.28. The van der Waals surface area contributed by atoms with Crippen LogP contribution in [0.15, 0.2) is 45.9 Å². The van der Waals surface area contributed by atoms with Gasteiger partial charge in [-0.1, -0.05) is 20.8 Å². The number of carbonyl (C=O) groups excluding carboxylic acids is 1. The lowest BCUT2D eigenvalue weighted by molar-refractivity contribution is 0.0788. The second-order valence-corrected chi connectivity index (χ2v) is 12.9. The van der Waals surface area contributed by atoms with Crippen LogP contribution < -0.4 is 10.3 Å². The van der Waals surface area contributed by atoms with E-state index in [-0.39, 0.29) is 22.8 Å². The molecule has 1 aliphatic rings. The zero-order chi connectivity index (χ0) is 25.5. The summed E-state index contributed by atoms with van der Waals surface area (Å²) in [7, 11) is -3.35. The number of nitrogens with one attached hydrogen (secondary N) is 2. The minimum atomic E-state index is -3.35. The van der Waals surface area contributed by atoms with Gasteiger partial charge in [0.05, 0.1) is 10.8 Å². The van der Waals surface area contributed by atoms with Gasteiger partial charge >= 0.3 is 0 Å². The number of sulfonamides is 1. The Morgan fingerprint density at radius 1 is 1.29 bits per heavy atom. The minimum absolute atomic E-state index is 0.0502. The highest BCUT2D eigenvalue weighted by molar-refractivity contribution is 7.90. The number of hydrogen-bond donors (Lipinski definition) is 2. The first-order chi connectivity index (χ1) is 16.4. The fourth-order valence-electron chi connectivity index (χ4n) is 4.42. The highest BCUT2D eigenvalue weighted by Crippen LogP contribution is 2.37. The van der Waals surface area contributed by atoms with Crippen molar-refractivity contribution in [3.63, 3.8) is 0 Å². The molecule has 0 radical (unpaired) electrons. The molecular formula is C26H33N3O5S. The quantitative estimate of drug-likeness (QED) is 0.535. The molecule has 4 rings (SSSR count). The Morgan fingerprint density at radius 2 is 2.03 bits per heavy atom. The lowest BCUT2D eigenvalue weighted by atomic mass is 9.84. The van der Waals surface area contributed by atoms with Crippen molar-refractivity contribution in [3.8, 4) is 11.1 Å². The van der Waals surface area contributed by atoms with Crippen LogP contribution in [0, 0.1) is 5.92 Å². The Hall–Kier alpha value is -2.91. The van der Waals surface area contributed by atoms with Crippen LogP contribution >= 0.6 is 0 Å². The predicted molar refractivity (Wildman–Crippen MR) is 137 cm³/mol. The molecule has 2 N–H and O–H groups in total. The van der Waals surface area contributed by atoms with Crippen molar-refractivity contribution >= 4 is 26.9 Å². The number of likely N-dealkylation sites (tertiary alicyclic amines) is 1. The van der Waals surface area contributed by atoms with Crippen LogP contribution in [0.25, 0.3) is 22.1 Å². The fraction of sp³-hybridized carbons (Fsp3) is 0.462. The first-order valence-electron chi connectivity index (χ1n) is 11.9. The van der Waals surface area contributed by atoms with E-state index in [2.05, 4.69) is 30.5 Å². The molecule has 1 aromatic carbocycles. The molecule has 3 heterocycles. The topological polar surface area (TPSA) is 112 Å². The summed E-state index contributed by atoms with van der Waals surface area (Å²) in [6, 6.07) is 7.34. The van der Waals surface area contributed by atoms with E-state index in [0.717, 1.165) is 17.5 Å². The normalized spacial score (nSPS) is 17.0. The number of H-pyrrole nitrogens is 1. The van der Waals surface area contributed by atoms with Gasteiger partial charge in [-0.3, -0.25) is 9.59 Å². The molecule has 0 unspecified atom stereocenters.